The first-order valence-electron chi connectivity index (χ1n) is 9.25. The van der Waals surface area contributed by atoms with Gasteiger partial charge in [0.1, 0.15) is 18.2 Å². The summed E-state index contributed by atoms with van der Waals surface area (Å²) in [7, 11) is 0. The second kappa shape index (κ2) is 6.88. The van der Waals surface area contributed by atoms with Crippen LogP contribution >= 0.6 is 0 Å². The summed E-state index contributed by atoms with van der Waals surface area (Å²) in [6.45, 7) is 6.36. The molecule has 1 N–H and O–H groups in total. The Balaban J connectivity index is 1.89. The lowest BCUT2D eigenvalue weighted by Gasteiger charge is -2.13. The molecule has 1 aliphatic heterocycles. The van der Waals surface area contributed by atoms with E-state index in [1.54, 1.807) is 12.3 Å². The number of nitrogens with zero attached hydrogens (tertiary/aromatic N) is 1. The van der Waals surface area contributed by atoms with Crippen molar-refractivity contribution < 1.29 is 23.8 Å². The Labute approximate surface area is 167 Å². The van der Waals surface area contributed by atoms with Crippen molar-refractivity contribution in [3.63, 3.8) is 0 Å². The summed E-state index contributed by atoms with van der Waals surface area (Å²) in [4.78, 5) is 23.4. The van der Waals surface area contributed by atoms with Gasteiger partial charge in [-0.2, -0.15) is 0 Å². The number of hydrogen-bond donors (Lipinski definition) is 1. The largest absolute Gasteiger partial charge is 0.507 e. The number of aliphatic hydroxyl groups is 1. The van der Waals surface area contributed by atoms with Gasteiger partial charge in [-0.15, -0.1) is 0 Å². The summed E-state index contributed by atoms with van der Waals surface area (Å²) < 4.78 is 20.6. The molecular formula is C23H20FNO4. The Hall–Kier alpha value is -3.41. The molecule has 0 atom stereocenters. The molecule has 2 heterocycles. The maximum atomic E-state index is 14.0. The predicted octanol–water partition coefficient (Wildman–Crippen LogP) is 4.15. The number of halogens is 1. The lowest BCUT2D eigenvalue weighted by Crippen LogP contribution is -2.08. The lowest BCUT2D eigenvalue weighted by atomic mass is 10.00. The van der Waals surface area contributed by atoms with Crippen molar-refractivity contribution in [2.45, 2.75) is 27.3 Å². The number of esters is 1. The average Bonchev–Trinajstić information content (AvgIpc) is 3.18. The summed E-state index contributed by atoms with van der Waals surface area (Å²) >= 11 is 0. The van der Waals surface area contributed by atoms with E-state index >= 15 is 0 Å². The van der Waals surface area contributed by atoms with Crippen molar-refractivity contribution in [1.29, 1.82) is 0 Å². The first-order valence-corrected chi connectivity index (χ1v) is 9.25. The first kappa shape index (κ1) is 18.9. The molecule has 0 aliphatic carbocycles. The van der Waals surface area contributed by atoms with Crippen molar-refractivity contribution >= 4 is 28.4 Å². The van der Waals surface area contributed by atoms with Crippen LogP contribution < -0.4 is 0 Å². The minimum atomic E-state index is -0.993. The fraction of sp³-hybridized carbons (Fsp3) is 0.217. The van der Waals surface area contributed by atoms with E-state index < -0.39 is 17.6 Å². The minimum absolute atomic E-state index is 0.110. The molecule has 0 radical (unpaired) electrons. The Morgan fingerprint density at radius 2 is 1.83 bits per heavy atom. The number of aryl methyl sites for hydroxylation is 3. The zero-order chi connectivity index (χ0) is 20.9. The maximum absolute atomic E-state index is 14.0. The highest BCUT2D eigenvalue weighted by Gasteiger charge is 2.33. The molecule has 0 amide bonds. The quantitative estimate of drug-likeness (QED) is 0.314. The summed E-state index contributed by atoms with van der Waals surface area (Å²) in [5, 5.41) is 11.2. The van der Waals surface area contributed by atoms with Crippen molar-refractivity contribution in [2.75, 3.05) is 6.61 Å². The number of benzene rings is 2. The van der Waals surface area contributed by atoms with Crippen LogP contribution in [0.3, 0.4) is 0 Å². The number of carbonyl (C=O) groups excluding carboxylic acids is 2. The normalized spacial score (nSPS) is 15.9. The van der Waals surface area contributed by atoms with Gasteiger partial charge in [-0.25, -0.2) is 9.18 Å². The van der Waals surface area contributed by atoms with Gasteiger partial charge in [0.15, 0.2) is 0 Å². The first-order chi connectivity index (χ1) is 13.8. The summed E-state index contributed by atoms with van der Waals surface area (Å²) in [5.74, 6) is -2.67. The zero-order valence-corrected chi connectivity index (χ0v) is 16.4. The van der Waals surface area contributed by atoms with Crippen LogP contribution in [0.4, 0.5) is 4.39 Å². The third-order valence-corrected chi connectivity index (χ3v) is 5.36. The monoisotopic (exact) mass is 393 g/mol. The zero-order valence-electron chi connectivity index (χ0n) is 16.4. The molecule has 6 heteroatoms. The van der Waals surface area contributed by atoms with Crippen molar-refractivity contribution in [1.82, 2.24) is 4.57 Å². The van der Waals surface area contributed by atoms with Gasteiger partial charge in [0.2, 0.25) is 0 Å². The number of aliphatic hydroxyl groups excluding tert-OH is 1. The molecule has 1 aliphatic rings. The van der Waals surface area contributed by atoms with Gasteiger partial charge in [0.25, 0.3) is 5.78 Å². The summed E-state index contributed by atoms with van der Waals surface area (Å²) in [6, 6.07) is 8.52. The van der Waals surface area contributed by atoms with Crippen LogP contribution in [0.15, 0.2) is 42.1 Å². The Morgan fingerprint density at radius 1 is 1.14 bits per heavy atom. The Kier molecular flexibility index (Phi) is 4.49. The van der Waals surface area contributed by atoms with Crippen molar-refractivity contribution in [3.05, 3.63) is 75.7 Å². The molecule has 0 spiro atoms. The number of rotatable bonds is 3. The van der Waals surface area contributed by atoms with Gasteiger partial charge >= 0.3 is 5.97 Å². The van der Waals surface area contributed by atoms with Crippen LogP contribution in [0.2, 0.25) is 0 Å². The van der Waals surface area contributed by atoms with E-state index in [4.69, 9.17) is 4.74 Å². The highest BCUT2D eigenvalue weighted by molar-refractivity contribution is 6.43. The van der Waals surface area contributed by atoms with Crippen LogP contribution in [0.1, 0.15) is 27.8 Å². The number of ether oxygens (including phenoxy) is 1. The van der Waals surface area contributed by atoms with Crippen molar-refractivity contribution in [2.24, 2.45) is 0 Å². The molecule has 0 saturated carbocycles. The molecule has 29 heavy (non-hydrogen) atoms. The SMILES string of the molecule is Cc1cc(C)c(Cn2cc(C(O)=C3COC(=O)C3=O)c3cc(F)ccc32)c(C)c1. The minimum Gasteiger partial charge on any atom is -0.507 e. The number of fused-ring (bicyclic) bond motifs is 1. The van der Waals surface area contributed by atoms with Gasteiger partial charge in [-0.1, -0.05) is 17.7 Å². The molecule has 0 unspecified atom stereocenters. The van der Waals surface area contributed by atoms with Gasteiger partial charge < -0.3 is 14.4 Å². The number of hydrogen-bond acceptors (Lipinski definition) is 4. The van der Waals surface area contributed by atoms with E-state index in [2.05, 4.69) is 12.1 Å². The van der Waals surface area contributed by atoms with E-state index in [9.17, 15) is 19.1 Å². The molecule has 1 aromatic heterocycles. The molecule has 3 aromatic rings. The summed E-state index contributed by atoms with van der Waals surface area (Å²) in [6.07, 6.45) is 1.68. The van der Waals surface area contributed by atoms with Crippen LogP contribution in [0, 0.1) is 26.6 Å². The molecule has 1 saturated heterocycles. The van der Waals surface area contributed by atoms with E-state index in [1.807, 2.05) is 25.3 Å². The highest BCUT2D eigenvalue weighted by Crippen LogP contribution is 2.31. The maximum Gasteiger partial charge on any atom is 0.379 e. The third-order valence-electron chi connectivity index (χ3n) is 5.36. The van der Waals surface area contributed by atoms with Crippen molar-refractivity contribution in [3.8, 4) is 0 Å². The number of aromatic nitrogens is 1. The van der Waals surface area contributed by atoms with Gasteiger partial charge in [-0.3, -0.25) is 4.79 Å². The molecular weight excluding hydrogens is 373 g/mol. The number of Topliss-reactive ketones (excluding diaryl/α,β-unsaturated/α-hetero) is 1. The number of cyclic esters (lactones) is 1. The standard InChI is InChI=1S/C23H20FNO4/c1-12-6-13(2)17(14(3)7-12)9-25-10-18(16-8-15(24)4-5-20(16)25)21(26)19-11-29-23(28)22(19)27/h4-8,10,26H,9,11H2,1-3H3. The fourth-order valence-electron chi connectivity index (χ4n) is 3.95. The van der Waals surface area contributed by atoms with E-state index in [0.29, 0.717) is 23.0 Å². The third kappa shape index (κ3) is 3.20. The second-order valence-corrected chi connectivity index (χ2v) is 7.44. The predicted molar refractivity (Wildman–Crippen MR) is 107 cm³/mol. The molecule has 5 nitrogen and oxygen atoms in total. The summed E-state index contributed by atoms with van der Waals surface area (Å²) in [5.41, 5.74) is 5.48. The van der Waals surface area contributed by atoms with Crippen LogP contribution in [0.5, 0.6) is 0 Å². The molecule has 4 rings (SSSR count). The average molecular weight is 393 g/mol. The lowest BCUT2D eigenvalue weighted by molar-refractivity contribution is -0.146. The topological polar surface area (TPSA) is 68.5 Å². The van der Waals surface area contributed by atoms with Crippen LogP contribution in [-0.4, -0.2) is 28.0 Å². The molecule has 148 valence electrons. The van der Waals surface area contributed by atoms with Gasteiger partial charge in [0.05, 0.1) is 5.57 Å². The molecule has 1 fully saturated rings. The van der Waals surface area contributed by atoms with Gasteiger partial charge in [0, 0.05) is 29.2 Å². The van der Waals surface area contributed by atoms with Gasteiger partial charge in [-0.05, 0) is 55.7 Å². The van der Waals surface area contributed by atoms with E-state index in [0.717, 1.165) is 16.7 Å². The number of carbonyl (C=O) groups is 2. The van der Waals surface area contributed by atoms with E-state index in [1.165, 1.54) is 17.7 Å². The number of ketones is 1. The highest BCUT2D eigenvalue weighted by atomic mass is 19.1. The Bertz CT molecular complexity index is 1200. The van der Waals surface area contributed by atoms with E-state index in [-0.39, 0.29) is 17.9 Å². The molecule has 2 aromatic carbocycles. The van der Waals surface area contributed by atoms with Crippen LogP contribution in [0.25, 0.3) is 16.7 Å². The fourth-order valence-corrected chi connectivity index (χ4v) is 3.95. The smallest absolute Gasteiger partial charge is 0.379 e. The molecule has 0 bridgehead atoms. The van der Waals surface area contributed by atoms with Crippen LogP contribution in [-0.2, 0) is 20.9 Å². The Morgan fingerprint density at radius 3 is 2.45 bits per heavy atom. The second-order valence-electron chi connectivity index (χ2n) is 7.44.